The van der Waals surface area contributed by atoms with E-state index in [4.69, 9.17) is 0 Å². The number of amides is 2. The quantitative estimate of drug-likeness (QED) is 0.502. The van der Waals surface area contributed by atoms with Crippen molar-refractivity contribution < 1.29 is 9.59 Å². The third kappa shape index (κ3) is 6.18. The van der Waals surface area contributed by atoms with Gasteiger partial charge < -0.3 is 15.2 Å². The maximum Gasteiger partial charge on any atom is 0.252 e. The maximum atomic E-state index is 12.6. The van der Waals surface area contributed by atoms with Crippen molar-refractivity contribution in [3.63, 3.8) is 0 Å². The van der Waals surface area contributed by atoms with Crippen LogP contribution < -0.4 is 10.6 Å². The van der Waals surface area contributed by atoms with Crippen LogP contribution in [0, 0.1) is 6.92 Å². The second-order valence-electron chi connectivity index (χ2n) is 7.28. The number of aromatic nitrogens is 3. The third-order valence-electron chi connectivity index (χ3n) is 4.90. The number of thioether (sulfide) groups is 1. The molecule has 0 fully saturated rings. The minimum absolute atomic E-state index is 0.0496. The molecular formula is C23H27N5O2S. The highest BCUT2D eigenvalue weighted by molar-refractivity contribution is 7.99. The van der Waals surface area contributed by atoms with Crippen LogP contribution in [0.5, 0.6) is 0 Å². The molecule has 2 aromatic carbocycles. The number of nitrogens with zero attached hydrogens (tertiary/aromatic N) is 3. The van der Waals surface area contributed by atoms with Crippen molar-refractivity contribution in [2.75, 3.05) is 12.3 Å². The van der Waals surface area contributed by atoms with E-state index in [1.54, 1.807) is 6.07 Å². The highest BCUT2D eigenvalue weighted by Crippen LogP contribution is 2.19. The SMILES string of the molecule is Cc1ccccc1C(=O)N[C@H](C)c1nnc(SCC(=O)NCCc2ccccc2)n1C. The Kier molecular flexibility index (Phi) is 7.83. The molecule has 0 unspecified atom stereocenters. The largest absolute Gasteiger partial charge is 0.355 e. The molecule has 3 aromatic rings. The van der Waals surface area contributed by atoms with Crippen LogP contribution in [-0.4, -0.2) is 38.9 Å². The first-order valence-corrected chi connectivity index (χ1v) is 11.1. The third-order valence-corrected chi connectivity index (χ3v) is 5.92. The van der Waals surface area contributed by atoms with Crippen LogP contribution in [0.3, 0.4) is 0 Å². The molecule has 0 saturated heterocycles. The molecule has 31 heavy (non-hydrogen) atoms. The second-order valence-corrected chi connectivity index (χ2v) is 8.23. The van der Waals surface area contributed by atoms with E-state index in [1.165, 1.54) is 17.3 Å². The number of nitrogens with one attached hydrogen (secondary N) is 2. The molecule has 7 nitrogen and oxygen atoms in total. The average molecular weight is 438 g/mol. The van der Waals surface area contributed by atoms with E-state index >= 15 is 0 Å². The molecule has 0 bridgehead atoms. The van der Waals surface area contributed by atoms with Crippen molar-refractivity contribution in [1.82, 2.24) is 25.4 Å². The van der Waals surface area contributed by atoms with Gasteiger partial charge >= 0.3 is 0 Å². The highest BCUT2D eigenvalue weighted by atomic mass is 32.2. The Hall–Kier alpha value is -3.13. The standard InChI is InChI=1S/C23H27N5O2S/c1-16-9-7-8-12-19(16)22(30)25-17(2)21-26-27-23(28(21)3)31-15-20(29)24-14-13-18-10-5-4-6-11-18/h4-12,17H,13-15H2,1-3H3,(H,24,29)(H,25,30)/t17-/m1/s1. The van der Waals surface area contributed by atoms with Gasteiger partial charge in [-0.2, -0.15) is 0 Å². The molecule has 0 aliphatic carbocycles. The van der Waals surface area contributed by atoms with Crippen LogP contribution in [0.15, 0.2) is 59.8 Å². The molecule has 3 rings (SSSR count). The summed E-state index contributed by atoms with van der Waals surface area (Å²) in [5.41, 5.74) is 2.74. The summed E-state index contributed by atoms with van der Waals surface area (Å²) in [6.07, 6.45) is 0.795. The molecule has 162 valence electrons. The van der Waals surface area contributed by atoms with E-state index in [1.807, 2.05) is 74.0 Å². The monoisotopic (exact) mass is 437 g/mol. The Morgan fingerprint density at radius 1 is 1.06 bits per heavy atom. The summed E-state index contributed by atoms with van der Waals surface area (Å²) in [5.74, 6) is 0.686. The minimum Gasteiger partial charge on any atom is -0.355 e. The number of rotatable bonds is 9. The highest BCUT2D eigenvalue weighted by Gasteiger charge is 2.19. The first kappa shape index (κ1) is 22.6. The number of hydrogen-bond donors (Lipinski definition) is 2. The minimum atomic E-state index is -0.321. The van der Waals surface area contributed by atoms with E-state index in [0.717, 1.165) is 12.0 Å². The van der Waals surface area contributed by atoms with Gasteiger partial charge in [0.2, 0.25) is 5.91 Å². The molecule has 0 spiro atoms. The number of hydrogen-bond acceptors (Lipinski definition) is 5. The molecule has 1 atom stereocenters. The van der Waals surface area contributed by atoms with Gasteiger partial charge in [-0.05, 0) is 37.5 Å². The Balaban J connectivity index is 1.49. The molecule has 0 aliphatic heterocycles. The predicted molar refractivity (Wildman–Crippen MR) is 122 cm³/mol. The van der Waals surface area contributed by atoms with Crippen molar-refractivity contribution in [3.05, 3.63) is 77.1 Å². The lowest BCUT2D eigenvalue weighted by molar-refractivity contribution is -0.118. The Morgan fingerprint density at radius 3 is 2.52 bits per heavy atom. The Morgan fingerprint density at radius 2 is 1.77 bits per heavy atom. The van der Waals surface area contributed by atoms with E-state index in [-0.39, 0.29) is 23.6 Å². The summed E-state index contributed by atoms with van der Waals surface area (Å²) in [7, 11) is 1.83. The molecule has 0 saturated carbocycles. The number of carbonyl (C=O) groups is 2. The zero-order chi connectivity index (χ0) is 22.2. The topological polar surface area (TPSA) is 88.9 Å². The van der Waals surface area contributed by atoms with Crippen LogP contribution in [0.25, 0.3) is 0 Å². The van der Waals surface area contributed by atoms with Gasteiger partial charge in [-0.15, -0.1) is 10.2 Å². The lowest BCUT2D eigenvalue weighted by Gasteiger charge is -2.14. The zero-order valence-electron chi connectivity index (χ0n) is 18.0. The molecule has 2 N–H and O–H groups in total. The summed E-state index contributed by atoms with van der Waals surface area (Å²) in [6.45, 7) is 4.36. The van der Waals surface area contributed by atoms with Crippen LogP contribution in [0.4, 0.5) is 0 Å². The first-order chi connectivity index (χ1) is 15.0. The summed E-state index contributed by atoms with van der Waals surface area (Å²) in [4.78, 5) is 24.7. The van der Waals surface area contributed by atoms with Crippen LogP contribution in [-0.2, 0) is 18.3 Å². The van der Waals surface area contributed by atoms with Crippen LogP contribution in [0.1, 0.15) is 40.3 Å². The first-order valence-electron chi connectivity index (χ1n) is 10.1. The summed E-state index contributed by atoms with van der Waals surface area (Å²) in [5, 5.41) is 14.9. The summed E-state index contributed by atoms with van der Waals surface area (Å²) < 4.78 is 1.81. The molecule has 0 aliphatic rings. The lowest BCUT2D eigenvalue weighted by Crippen LogP contribution is -2.29. The van der Waals surface area contributed by atoms with E-state index < -0.39 is 0 Å². The fourth-order valence-electron chi connectivity index (χ4n) is 3.17. The summed E-state index contributed by atoms with van der Waals surface area (Å²) >= 11 is 1.32. The van der Waals surface area contributed by atoms with Crippen molar-refractivity contribution >= 4 is 23.6 Å². The molecular weight excluding hydrogens is 410 g/mol. The van der Waals surface area contributed by atoms with Gasteiger partial charge in [0.15, 0.2) is 11.0 Å². The Bertz CT molecular complexity index is 1040. The fourth-order valence-corrected chi connectivity index (χ4v) is 3.92. The fraction of sp³-hybridized carbons (Fsp3) is 0.304. The van der Waals surface area contributed by atoms with E-state index in [2.05, 4.69) is 20.8 Å². The summed E-state index contributed by atoms with van der Waals surface area (Å²) in [6, 6.07) is 17.2. The van der Waals surface area contributed by atoms with Gasteiger partial charge in [-0.3, -0.25) is 9.59 Å². The predicted octanol–water partition coefficient (Wildman–Crippen LogP) is 3.07. The van der Waals surface area contributed by atoms with Gasteiger partial charge in [0.1, 0.15) is 0 Å². The molecule has 2 amide bonds. The van der Waals surface area contributed by atoms with Gasteiger partial charge in [-0.1, -0.05) is 60.3 Å². The van der Waals surface area contributed by atoms with Crippen molar-refractivity contribution in [1.29, 1.82) is 0 Å². The lowest BCUT2D eigenvalue weighted by atomic mass is 10.1. The Labute approximate surface area is 186 Å². The number of aryl methyl sites for hydroxylation is 1. The number of carbonyl (C=O) groups excluding carboxylic acids is 2. The molecule has 0 radical (unpaired) electrons. The van der Waals surface area contributed by atoms with Crippen molar-refractivity contribution in [3.8, 4) is 0 Å². The van der Waals surface area contributed by atoms with Crippen molar-refractivity contribution in [2.45, 2.75) is 31.5 Å². The van der Waals surface area contributed by atoms with E-state index in [0.29, 0.717) is 23.1 Å². The average Bonchev–Trinajstić information content (AvgIpc) is 3.13. The van der Waals surface area contributed by atoms with Gasteiger partial charge in [0, 0.05) is 19.2 Å². The maximum absolute atomic E-state index is 12.6. The molecule has 8 heteroatoms. The molecule has 1 heterocycles. The van der Waals surface area contributed by atoms with Gasteiger partial charge in [0.05, 0.1) is 11.8 Å². The van der Waals surface area contributed by atoms with Crippen LogP contribution in [0.2, 0.25) is 0 Å². The van der Waals surface area contributed by atoms with Crippen molar-refractivity contribution in [2.24, 2.45) is 7.05 Å². The zero-order valence-corrected chi connectivity index (χ0v) is 18.8. The molecule has 1 aromatic heterocycles. The number of benzene rings is 2. The van der Waals surface area contributed by atoms with Crippen LogP contribution >= 0.6 is 11.8 Å². The smallest absolute Gasteiger partial charge is 0.252 e. The van der Waals surface area contributed by atoms with E-state index in [9.17, 15) is 9.59 Å². The normalized spacial score (nSPS) is 11.7. The van der Waals surface area contributed by atoms with Gasteiger partial charge in [-0.25, -0.2) is 0 Å². The van der Waals surface area contributed by atoms with Gasteiger partial charge in [0.25, 0.3) is 5.91 Å². The second kappa shape index (κ2) is 10.8.